The van der Waals surface area contributed by atoms with Crippen molar-refractivity contribution in [3.05, 3.63) is 34.3 Å². The summed E-state index contributed by atoms with van der Waals surface area (Å²) < 4.78 is 5.42. The fourth-order valence-corrected chi connectivity index (χ4v) is 2.67. The van der Waals surface area contributed by atoms with Gasteiger partial charge in [-0.15, -0.1) is 11.3 Å². The van der Waals surface area contributed by atoms with Crippen molar-refractivity contribution in [3.8, 4) is 16.3 Å². The average molecular weight is 247 g/mol. The van der Waals surface area contributed by atoms with E-state index in [-0.39, 0.29) is 0 Å². The van der Waals surface area contributed by atoms with Gasteiger partial charge in [-0.1, -0.05) is 13.0 Å². The number of benzene rings is 1. The Morgan fingerprint density at radius 1 is 1.29 bits per heavy atom. The molecule has 0 aliphatic carbocycles. The number of aromatic nitrogens is 1. The molecule has 0 bridgehead atoms. The van der Waals surface area contributed by atoms with Crippen LogP contribution in [0.5, 0.6) is 5.75 Å². The molecular weight excluding hydrogens is 230 g/mol. The van der Waals surface area contributed by atoms with Gasteiger partial charge in [0.1, 0.15) is 10.8 Å². The molecule has 2 rings (SSSR count). The molecule has 0 amide bonds. The summed E-state index contributed by atoms with van der Waals surface area (Å²) in [6.07, 6.45) is 1.03. The quantitative estimate of drug-likeness (QED) is 0.818. The zero-order valence-electron chi connectivity index (χ0n) is 10.7. The van der Waals surface area contributed by atoms with Gasteiger partial charge in [0.05, 0.1) is 18.4 Å². The summed E-state index contributed by atoms with van der Waals surface area (Å²) in [5.74, 6) is 0.899. The van der Waals surface area contributed by atoms with E-state index in [9.17, 15) is 0 Å². The van der Waals surface area contributed by atoms with Gasteiger partial charge in [-0.05, 0) is 38.0 Å². The lowest BCUT2D eigenvalue weighted by Gasteiger charge is -2.07. The molecule has 0 aliphatic rings. The molecule has 1 aromatic heterocycles. The fourth-order valence-electron chi connectivity index (χ4n) is 1.73. The van der Waals surface area contributed by atoms with Gasteiger partial charge < -0.3 is 4.74 Å². The van der Waals surface area contributed by atoms with Crippen molar-refractivity contribution >= 4 is 11.3 Å². The Balaban J connectivity index is 2.55. The molecule has 2 aromatic rings. The predicted molar refractivity (Wildman–Crippen MR) is 73.0 cm³/mol. The molecule has 0 saturated carbocycles. The monoisotopic (exact) mass is 247 g/mol. The van der Waals surface area contributed by atoms with Crippen LogP contribution in [0.25, 0.3) is 10.6 Å². The number of nitrogens with zero attached hydrogens (tertiary/aromatic N) is 1. The van der Waals surface area contributed by atoms with Crippen LogP contribution in [0.1, 0.15) is 23.1 Å². The number of aryl methyl sites for hydroxylation is 3. The van der Waals surface area contributed by atoms with Crippen LogP contribution in [0.4, 0.5) is 0 Å². The normalized spacial score (nSPS) is 10.6. The van der Waals surface area contributed by atoms with E-state index < -0.39 is 0 Å². The first-order valence-corrected chi connectivity index (χ1v) is 6.58. The van der Waals surface area contributed by atoms with Gasteiger partial charge in [0.25, 0.3) is 0 Å². The number of thiazole rings is 1. The Morgan fingerprint density at radius 3 is 2.59 bits per heavy atom. The van der Waals surface area contributed by atoms with Gasteiger partial charge in [0.2, 0.25) is 0 Å². The molecule has 0 fully saturated rings. The van der Waals surface area contributed by atoms with Crippen LogP contribution >= 0.6 is 11.3 Å². The van der Waals surface area contributed by atoms with E-state index in [0.717, 1.165) is 28.4 Å². The van der Waals surface area contributed by atoms with Crippen molar-refractivity contribution in [2.75, 3.05) is 7.11 Å². The third-order valence-electron chi connectivity index (χ3n) is 2.93. The molecule has 1 aromatic carbocycles. The maximum atomic E-state index is 5.42. The molecule has 0 atom stereocenters. The van der Waals surface area contributed by atoms with Crippen molar-refractivity contribution in [3.63, 3.8) is 0 Å². The summed E-state index contributed by atoms with van der Waals surface area (Å²) >= 11 is 1.73. The highest BCUT2D eigenvalue weighted by Gasteiger charge is 2.11. The maximum absolute atomic E-state index is 5.42. The Hall–Kier alpha value is -1.35. The van der Waals surface area contributed by atoms with Crippen LogP contribution in [0.2, 0.25) is 0 Å². The summed E-state index contributed by atoms with van der Waals surface area (Å²) in [6.45, 7) is 6.31. The minimum atomic E-state index is 0.899. The van der Waals surface area contributed by atoms with E-state index in [1.165, 1.54) is 10.4 Å². The molecule has 1 heterocycles. The number of methoxy groups -OCH3 is 1. The lowest BCUT2D eigenvalue weighted by molar-refractivity contribution is 0.416. The van der Waals surface area contributed by atoms with Gasteiger partial charge in [-0.3, -0.25) is 0 Å². The van der Waals surface area contributed by atoms with E-state index in [2.05, 4.69) is 31.0 Å². The van der Waals surface area contributed by atoms with Gasteiger partial charge in [0.15, 0.2) is 0 Å². The standard InChI is InChI=1S/C14H17NOS/c1-5-11-6-7-13(16-4)12(8-11)14-15-9(2)10(3)17-14/h6-8H,5H2,1-4H3. The number of hydrogen-bond acceptors (Lipinski definition) is 3. The molecule has 0 unspecified atom stereocenters. The van der Waals surface area contributed by atoms with E-state index >= 15 is 0 Å². The highest BCUT2D eigenvalue weighted by Crippen LogP contribution is 2.34. The number of rotatable bonds is 3. The number of hydrogen-bond donors (Lipinski definition) is 0. The first-order chi connectivity index (χ1) is 8.15. The molecule has 17 heavy (non-hydrogen) atoms. The Labute approximate surface area is 106 Å². The summed E-state index contributed by atoms with van der Waals surface area (Å²) in [5.41, 5.74) is 3.52. The van der Waals surface area contributed by atoms with E-state index in [1.54, 1.807) is 18.4 Å². The predicted octanol–water partition coefficient (Wildman–Crippen LogP) is 4.00. The van der Waals surface area contributed by atoms with Crippen LogP contribution in [-0.4, -0.2) is 12.1 Å². The molecular formula is C14H17NOS. The second-order valence-electron chi connectivity index (χ2n) is 4.05. The molecule has 0 radical (unpaired) electrons. The fraction of sp³-hybridized carbons (Fsp3) is 0.357. The summed E-state index contributed by atoms with van der Waals surface area (Å²) in [6, 6.07) is 6.31. The van der Waals surface area contributed by atoms with Crippen molar-refractivity contribution in [1.82, 2.24) is 4.98 Å². The van der Waals surface area contributed by atoms with Gasteiger partial charge in [-0.25, -0.2) is 4.98 Å². The van der Waals surface area contributed by atoms with Crippen molar-refractivity contribution < 1.29 is 4.74 Å². The highest BCUT2D eigenvalue weighted by molar-refractivity contribution is 7.15. The lowest BCUT2D eigenvalue weighted by Crippen LogP contribution is -1.90. The minimum Gasteiger partial charge on any atom is -0.496 e. The van der Waals surface area contributed by atoms with Gasteiger partial charge >= 0.3 is 0 Å². The molecule has 0 aliphatic heterocycles. The summed E-state index contributed by atoms with van der Waals surface area (Å²) in [7, 11) is 1.71. The maximum Gasteiger partial charge on any atom is 0.129 e. The van der Waals surface area contributed by atoms with Gasteiger partial charge in [0, 0.05) is 4.88 Å². The lowest BCUT2D eigenvalue weighted by atomic mass is 10.1. The molecule has 0 N–H and O–H groups in total. The molecule has 0 spiro atoms. The van der Waals surface area contributed by atoms with Crippen molar-refractivity contribution in [2.24, 2.45) is 0 Å². The molecule has 0 saturated heterocycles. The van der Waals surface area contributed by atoms with Crippen LogP contribution in [0, 0.1) is 13.8 Å². The van der Waals surface area contributed by atoms with Crippen molar-refractivity contribution in [2.45, 2.75) is 27.2 Å². The Bertz CT molecular complexity index is 512. The smallest absolute Gasteiger partial charge is 0.129 e. The third-order valence-corrected chi connectivity index (χ3v) is 4.04. The highest BCUT2D eigenvalue weighted by atomic mass is 32.1. The first kappa shape index (κ1) is 12.1. The zero-order valence-corrected chi connectivity index (χ0v) is 11.5. The third kappa shape index (κ3) is 2.34. The van der Waals surface area contributed by atoms with E-state index in [0.29, 0.717) is 0 Å². The van der Waals surface area contributed by atoms with E-state index in [1.807, 2.05) is 13.0 Å². The minimum absolute atomic E-state index is 0.899. The molecule has 3 heteroatoms. The SMILES string of the molecule is CCc1ccc(OC)c(-c2nc(C)c(C)s2)c1. The second-order valence-corrected chi connectivity index (χ2v) is 5.25. The Morgan fingerprint density at radius 2 is 2.06 bits per heavy atom. The molecule has 2 nitrogen and oxygen atoms in total. The largest absolute Gasteiger partial charge is 0.496 e. The van der Waals surface area contributed by atoms with Crippen molar-refractivity contribution in [1.29, 1.82) is 0 Å². The van der Waals surface area contributed by atoms with Crippen LogP contribution in [0.3, 0.4) is 0 Å². The average Bonchev–Trinajstić information content (AvgIpc) is 2.68. The van der Waals surface area contributed by atoms with Crippen LogP contribution in [-0.2, 0) is 6.42 Å². The zero-order chi connectivity index (χ0) is 12.4. The van der Waals surface area contributed by atoms with E-state index in [4.69, 9.17) is 4.74 Å². The van der Waals surface area contributed by atoms with Gasteiger partial charge in [-0.2, -0.15) is 0 Å². The second kappa shape index (κ2) is 4.88. The topological polar surface area (TPSA) is 22.1 Å². The number of ether oxygens (including phenoxy) is 1. The van der Waals surface area contributed by atoms with Crippen LogP contribution in [0.15, 0.2) is 18.2 Å². The first-order valence-electron chi connectivity index (χ1n) is 5.77. The summed E-state index contributed by atoms with van der Waals surface area (Å²) in [4.78, 5) is 5.87. The van der Waals surface area contributed by atoms with Crippen LogP contribution < -0.4 is 4.74 Å². The Kier molecular flexibility index (Phi) is 3.48. The summed E-state index contributed by atoms with van der Waals surface area (Å²) in [5, 5.41) is 1.05. The molecule has 90 valence electrons.